The van der Waals surface area contributed by atoms with E-state index in [-0.39, 0.29) is 6.61 Å². The second-order valence-electron chi connectivity index (χ2n) is 4.82. The highest BCUT2D eigenvalue weighted by molar-refractivity contribution is 9.10. The maximum atomic E-state index is 9.04. The second-order valence-corrected chi connectivity index (χ2v) is 5.61. The highest BCUT2D eigenvalue weighted by atomic mass is 79.9. The van der Waals surface area contributed by atoms with E-state index in [0.29, 0.717) is 5.92 Å². The number of halogens is 1. The summed E-state index contributed by atoms with van der Waals surface area (Å²) in [5.41, 5.74) is 2.07. The number of hydrogen-bond donors (Lipinski definition) is 2. The number of aliphatic hydroxyl groups is 1. The second kappa shape index (κ2) is 5.35. The van der Waals surface area contributed by atoms with E-state index in [1.165, 1.54) is 0 Å². The molecule has 2 aromatic rings. The Labute approximate surface area is 120 Å². The third kappa shape index (κ3) is 2.40. The van der Waals surface area contributed by atoms with E-state index in [2.05, 4.69) is 38.5 Å². The van der Waals surface area contributed by atoms with Crippen LogP contribution in [-0.2, 0) is 6.54 Å². The van der Waals surface area contributed by atoms with Crippen molar-refractivity contribution < 1.29 is 5.11 Å². The molecule has 1 unspecified atom stereocenters. The van der Waals surface area contributed by atoms with Crippen LogP contribution >= 0.6 is 15.9 Å². The van der Waals surface area contributed by atoms with Crippen LogP contribution in [0.3, 0.4) is 0 Å². The van der Waals surface area contributed by atoms with E-state index in [1.54, 1.807) is 0 Å². The highest BCUT2D eigenvalue weighted by Gasteiger charge is 2.23. The van der Waals surface area contributed by atoms with Crippen molar-refractivity contribution in [1.29, 1.82) is 0 Å². The van der Waals surface area contributed by atoms with Crippen molar-refractivity contribution in [2.75, 3.05) is 18.5 Å². The minimum Gasteiger partial charge on any atom is -0.396 e. The zero-order valence-corrected chi connectivity index (χ0v) is 12.1. The molecule has 1 aromatic heterocycles. The van der Waals surface area contributed by atoms with Crippen LogP contribution in [0.2, 0.25) is 0 Å². The normalized spacial score (nSPS) is 17.9. The zero-order valence-electron chi connectivity index (χ0n) is 10.5. The van der Waals surface area contributed by atoms with Gasteiger partial charge in [0.05, 0.1) is 4.47 Å². The van der Waals surface area contributed by atoms with Crippen LogP contribution < -0.4 is 5.32 Å². The number of nitrogens with one attached hydrogen (secondary N) is 1. The van der Waals surface area contributed by atoms with Gasteiger partial charge in [-0.25, -0.2) is 4.68 Å². The standard InChI is InChI=1S/C14H16BrN3O/c15-12-13(11-4-2-1-3-5-11)17-18-9-10(6-7-19)8-16-14(12)18/h1-5,10,16,19H,6-9H2. The van der Waals surface area contributed by atoms with Gasteiger partial charge in [0, 0.05) is 25.3 Å². The van der Waals surface area contributed by atoms with Crippen LogP contribution in [0.25, 0.3) is 11.3 Å². The fourth-order valence-corrected chi connectivity index (χ4v) is 3.10. The molecule has 0 radical (unpaired) electrons. The van der Waals surface area contributed by atoms with E-state index < -0.39 is 0 Å². The average molecular weight is 322 g/mol. The molecule has 5 heteroatoms. The first-order valence-electron chi connectivity index (χ1n) is 6.46. The Balaban J connectivity index is 1.94. The first kappa shape index (κ1) is 12.7. The summed E-state index contributed by atoms with van der Waals surface area (Å²) in [6, 6.07) is 10.2. The molecule has 0 fully saturated rings. The number of aromatic nitrogens is 2. The van der Waals surface area contributed by atoms with Gasteiger partial charge in [0.15, 0.2) is 0 Å². The fraction of sp³-hybridized carbons (Fsp3) is 0.357. The molecule has 0 amide bonds. The van der Waals surface area contributed by atoms with E-state index in [0.717, 1.165) is 41.1 Å². The molecule has 1 atom stereocenters. The van der Waals surface area contributed by atoms with Gasteiger partial charge in [0.1, 0.15) is 11.5 Å². The summed E-state index contributed by atoms with van der Waals surface area (Å²) in [5.74, 6) is 1.47. The van der Waals surface area contributed by atoms with Gasteiger partial charge < -0.3 is 10.4 Å². The van der Waals surface area contributed by atoms with Crippen molar-refractivity contribution in [3.05, 3.63) is 34.8 Å². The smallest absolute Gasteiger partial charge is 0.139 e. The van der Waals surface area contributed by atoms with Crippen LogP contribution in [0.5, 0.6) is 0 Å². The predicted octanol–water partition coefficient (Wildman–Crippen LogP) is 2.74. The lowest BCUT2D eigenvalue weighted by molar-refractivity contribution is 0.244. The Hall–Kier alpha value is -1.33. The topological polar surface area (TPSA) is 50.1 Å². The first-order valence-corrected chi connectivity index (χ1v) is 7.25. The molecule has 1 aliphatic rings. The Morgan fingerprint density at radius 2 is 2.16 bits per heavy atom. The lowest BCUT2D eigenvalue weighted by Crippen LogP contribution is -2.28. The van der Waals surface area contributed by atoms with Gasteiger partial charge in [-0.15, -0.1) is 0 Å². The first-order chi connectivity index (χ1) is 9.29. The van der Waals surface area contributed by atoms with Gasteiger partial charge in [0.2, 0.25) is 0 Å². The molecule has 3 rings (SSSR count). The molecule has 0 spiro atoms. The minimum absolute atomic E-state index is 0.232. The quantitative estimate of drug-likeness (QED) is 0.913. The van der Waals surface area contributed by atoms with Crippen molar-refractivity contribution in [2.45, 2.75) is 13.0 Å². The van der Waals surface area contributed by atoms with Crippen molar-refractivity contribution in [3.8, 4) is 11.3 Å². The maximum absolute atomic E-state index is 9.04. The molecule has 1 aliphatic heterocycles. The van der Waals surface area contributed by atoms with Gasteiger partial charge in [-0.2, -0.15) is 5.10 Å². The Bertz CT molecular complexity index is 568. The monoisotopic (exact) mass is 321 g/mol. The molecule has 0 aliphatic carbocycles. The van der Waals surface area contributed by atoms with Crippen LogP contribution in [0.15, 0.2) is 34.8 Å². The molecular formula is C14H16BrN3O. The van der Waals surface area contributed by atoms with E-state index in [4.69, 9.17) is 5.11 Å². The molecule has 19 heavy (non-hydrogen) atoms. The molecule has 2 N–H and O–H groups in total. The van der Waals surface area contributed by atoms with Crippen molar-refractivity contribution in [3.63, 3.8) is 0 Å². The fourth-order valence-electron chi connectivity index (χ4n) is 2.45. The average Bonchev–Trinajstić information content (AvgIpc) is 2.77. The molecule has 0 saturated heterocycles. The zero-order chi connectivity index (χ0) is 13.2. The highest BCUT2D eigenvalue weighted by Crippen LogP contribution is 2.36. The Morgan fingerprint density at radius 1 is 1.37 bits per heavy atom. The van der Waals surface area contributed by atoms with Gasteiger partial charge >= 0.3 is 0 Å². The summed E-state index contributed by atoms with van der Waals surface area (Å²) in [7, 11) is 0. The van der Waals surface area contributed by atoms with Crippen LogP contribution in [0, 0.1) is 5.92 Å². The van der Waals surface area contributed by atoms with Gasteiger partial charge in [-0.05, 0) is 28.3 Å². The summed E-state index contributed by atoms with van der Waals surface area (Å²) in [6.07, 6.45) is 0.810. The van der Waals surface area contributed by atoms with Gasteiger partial charge in [-0.1, -0.05) is 30.3 Å². The largest absolute Gasteiger partial charge is 0.396 e. The lowest BCUT2D eigenvalue weighted by Gasteiger charge is -2.24. The molecule has 100 valence electrons. The number of fused-ring (bicyclic) bond motifs is 1. The summed E-state index contributed by atoms with van der Waals surface area (Å²) >= 11 is 3.64. The number of nitrogens with zero attached hydrogens (tertiary/aromatic N) is 2. The number of aliphatic hydroxyl groups excluding tert-OH is 1. The number of benzene rings is 1. The lowest BCUT2D eigenvalue weighted by atomic mass is 10.1. The van der Waals surface area contributed by atoms with Crippen molar-refractivity contribution in [2.24, 2.45) is 5.92 Å². The van der Waals surface area contributed by atoms with Gasteiger partial charge in [0.25, 0.3) is 0 Å². The summed E-state index contributed by atoms with van der Waals surface area (Å²) in [6.45, 7) is 1.98. The van der Waals surface area contributed by atoms with Crippen LogP contribution in [0.1, 0.15) is 6.42 Å². The number of anilines is 1. The molecule has 1 aromatic carbocycles. The van der Waals surface area contributed by atoms with Crippen molar-refractivity contribution in [1.82, 2.24) is 9.78 Å². The number of rotatable bonds is 3. The Morgan fingerprint density at radius 3 is 2.89 bits per heavy atom. The third-order valence-electron chi connectivity index (χ3n) is 3.47. The molecule has 0 saturated carbocycles. The molecular weight excluding hydrogens is 306 g/mol. The van der Waals surface area contributed by atoms with Crippen LogP contribution in [0.4, 0.5) is 5.82 Å². The third-order valence-corrected chi connectivity index (χ3v) is 4.22. The van der Waals surface area contributed by atoms with Gasteiger partial charge in [-0.3, -0.25) is 0 Å². The number of hydrogen-bond acceptors (Lipinski definition) is 3. The molecule has 2 heterocycles. The van der Waals surface area contributed by atoms with Crippen LogP contribution in [-0.4, -0.2) is 28.0 Å². The van der Waals surface area contributed by atoms with E-state index in [1.807, 2.05) is 22.9 Å². The molecule has 0 bridgehead atoms. The maximum Gasteiger partial charge on any atom is 0.139 e. The summed E-state index contributed by atoms with van der Waals surface area (Å²) in [4.78, 5) is 0. The predicted molar refractivity (Wildman–Crippen MR) is 79.0 cm³/mol. The van der Waals surface area contributed by atoms with E-state index in [9.17, 15) is 0 Å². The summed E-state index contributed by atoms with van der Waals surface area (Å²) < 4.78 is 3.01. The minimum atomic E-state index is 0.232. The Kier molecular flexibility index (Phi) is 3.57. The molecule has 4 nitrogen and oxygen atoms in total. The van der Waals surface area contributed by atoms with E-state index >= 15 is 0 Å². The van der Waals surface area contributed by atoms with Crippen molar-refractivity contribution >= 4 is 21.7 Å². The summed E-state index contributed by atoms with van der Waals surface area (Å²) in [5, 5.41) is 17.1. The SMILES string of the molecule is OCCC1CNc2c(Br)c(-c3ccccc3)nn2C1.